The van der Waals surface area contributed by atoms with Crippen molar-refractivity contribution in [2.75, 3.05) is 0 Å². The Morgan fingerprint density at radius 1 is 1.45 bits per heavy atom. The van der Waals surface area contributed by atoms with E-state index in [1.165, 1.54) is 12.8 Å². The monoisotopic (exact) mass is 278 g/mol. The Morgan fingerprint density at radius 2 is 2.25 bits per heavy atom. The minimum Gasteiger partial charge on any atom is -0.481 e. The van der Waals surface area contributed by atoms with E-state index >= 15 is 0 Å². The maximum Gasteiger partial charge on any atom is 0.306 e. The number of hydrogen-bond donors (Lipinski definition) is 1. The molecule has 112 valence electrons. The Kier molecular flexibility index (Phi) is 5.21. The molecule has 1 aromatic heterocycles. The maximum atomic E-state index is 11.4. The molecule has 0 aliphatic heterocycles. The van der Waals surface area contributed by atoms with Crippen LogP contribution < -0.4 is 0 Å². The van der Waals surface area contributed by atoms with E-state index in [2.05, 4.69) is 11.9 Å². The van der Waals surface area contributed by atoms with Crippen molar-refractivity contribution in [3.8, 4) is 0 Å². The SMILES string of the molecule is CCCC1CCC(C(=O)O)C(CCc2nccn2C)C1. The summed E-state index contributed by atoms with van der Waals surface area (Å²) in [5.41, 5.74) is 0. The molecule has 0 saturated heterocycles. The smallest absolute Gasteiger partial charge is 0.306 e. The largest absolute Gasteiger partial charge is 0.481 e. The highest BCUT2D eigenvalue weighted by atomic mass is 16.4. The lowest BCUT2D eigenvalue weighted by Gasteiger charge is -2.34. The molecule has 0 bridgehead atoms. The minimum absolute atomic E-state index is 0.150. The van der Waals surface area contributed by atoms with Crippen molar-refractivity contribution in [3.63, 3.8) is 0 Å². The van der Waals surface area contributed by atoms with Crippen LogP contribution in [0.3, 0.4) is 0 Å². The van der Waals surface area contributed by atoms with Gasteiger partial charge in [-0.3, -0.25) is 4.79 Å². The van der Waals surface area contributed by atoms with Crippen molar-refractivity contribution in [2.24, 2.45) is 24.8 Å². The third-order valence-electron chi connectivity index (χ3n) is 4.76. The first-order valence-electron chi connectivity index (χ1n) is 7.80. The molecule has 1 saturated carbocycles. The molecule has 2 rings (SSSR count). The van der Waals surface area contributed by atoms with Crippen LogP contribution in [0.4, 0.5) is 0 Å². The predicted octanol–water partition coefficient (Wildman–Crippen LogP) is 3.27. The Balaban J connectivity index is 1.96. The summed E-state index contributed by atoms with van der Waals surface area (Å²) in [6.45, 7) is 2.21. The van der Waals surface area contributed by atoms with Gasteiger partial charge in [-0.05, 0) is 37.5 Å². The number of carboxylic acids is 1. The summed E-state index contributed by atoms with van der Waals surface area (Å²) >= 11 is 0. The Bertz CT molecular complexity index is 441. The lowest BCUT2D eigenvalue weighted by molar-refractivity contribution is -0.145. The second-order valence-electron chi connectivity index (χ2n) is 6.17. The summed E-state index contributed by atoms with van der Waals surface area (Å²) in [5.74, 6) is 1.34. The number of carbonyl (C=O) groups is 1. The maximum absolute atomic E-state index is 11.4. The van der Waals surface area contributed by atoms with Crippen molar-refractivity contribution >= 4 is 5.97 Å². The zero-order chi connectivity index (χ0) is 14.5. The number of imidazole rings is 1. The third kappa shape index (κ3) is 3.62. The molecule has 1 fully saturated rings. The first kappa shape index (κ1) is 15.1. The summed E-state index contributed by atoms with van der Waals surface area (Å²) in [4.78, 5) is 15.8. The zero-order valence-corrected chi connectivity index (χ0v) is 12.6. The number of carboxylic acid groups (broad SMARTS) is 1. The number of aliphatic carboxylic acids is 1. The molecule has 1 aromatic rings. The number of aromatic nitrogens is 2. The van der Waals surface area contributed by atoms with E-state index in [0.29, 0.717) is 5.92 Å². The van der Waals surface area contributed by atoms with Crippen molar-refractivity contribution in [3.05, 3.63) is 18.2 Å². The van der Waals surface area contributed by atoms with Crippen molar-refractivity contribution in [1.29, 1.82) is 0 Å². The molecule has 0 spiro atoms. The predicted molar refractivity (Wildman–Crippen MR) is 78.4 cm³/mol. The van der Waals surface area contributed by atoms with Crippen LogP contribution in [0.15, 0.2) is 12.4 Å². The van der Waals surface area contributed by atoms with Crippen molar-refractivity contribution in [2.45, 2.75) is 51.9 Å². The average molecular weight is 278 g/mol. The molecular formula is C16H26N2O2. The fourth-order valence-corrected chi connectivity index (χ4v) is 3.63. The van der Waals surface area contributed by atoms with Gasteiger partial charge in [0.2, 0.25) is 0 Å². The van der Waals surface area contributed by atoms with Gasteiger partial charge in [-0.25, -0.2) is 4.98 Å². The normalized spacial score (nSPS) is 26.6. The van der Waals surface area contributed by atoms with Crippen LogP contribution in [0.25, 0.3) is 0 Å². The molecule has 3 unspecified atom stereocenters. The first-order chi connectivity index (χ1) is 9.61. The van der Waals surface area contributed by atoms with Gasteiger partial charge in [-0.2, -0.15) is 0 Å². The molecule has 0 aromatic carbocycles. The fraction of sp³-hybridized carbons (Fsp3) is 0.750. The molecule has 0 amide bonds. The van der Waals surface area contributed by atoms with Gasteiger partial charge in [0, 0.05) is 25.9 Å². The van der Waals surface area contributed by atoms with Gasteiger partial charge in [-0.1, -0.05) is 19.8 Å². The Hall–Kier alpha value is -1.32. The highest BCUT2D eigenvalue weighted by molar-refractivity contribution is 5.70. The van der Waals surface area contributed by atoms with Crippen LogP contribution in [0.2, 0.25) is 0 Å². The highest BCUT2D eigenvalue weighted by Crippen LogP contribution is 2.38. The van der Waals surface area contributed by atoms with E-state index in [0.717, 1.165) is 43.8 Å². The lowest BCUT2D eigenvalue weighted by atomic mass is 9.71. The standard InChI is InChI=1S/C16H26N2O2/c1-3-4-12-5-7-14(16(19)20)13(11-12)6-8-15-17-9-10-18(15)2/h9-10,12-14H,3-8,11H2,1-2H3,(H,19,20). The molecule has 3 atom stereocenters. The van der Waals surface area contributed by atoms with E-state index in [1.807, 2.05) is 24.0 Å². The van der Waals surface area contributed by atoms with Crippen LogP contribution >= 0.6 is 0 Å². The molecule has 1 aliphatic carbocycles. The Labute approximate surface area is 121 Å². The van der Waals surface area contributed by atoms with E-state index in [9.17, 15) is 9.90 Å². The second-order valence-corrected chi connectivity index (χ2v) is 6.17. The molecule has 1 N–H and O–H groups in total. The van der Waals surface area contributed by atoms with Gasteiger partial charge in [0.25, 0.3) is 0 Å². The van der Waals surface area contributed by atoms with Crippen LogP contribution in [0.5, 0.6) is 0 Å². The summed E-state index contributed by atoms with van der Waals surface area (Å²) in [6, 6.07) is 0. The van der Waals surface area contributed by atoms with Gasteiger partial charge >= 0.3 is 5.97 Å². The van der Waals surface area contributed by atoms with E-state index < -0.39 is 5.97 Å². The molecular weight excluding hydrogens is 252 g/mol. The van der Waals surface area contributed by atoms with Gasteiger partial charge in [0.15, 0.2) is 0 Å². The van der Waals surface area contributed by atoms with E-state index in [-0.39, 0.29) is 5.92 Å². The highest BCUT2D eigenvalue weighted by Gasteiger charge is 2.34. The average Bonchev–Trinajstić information content (AvgIpc) is 2.82. The van der Waals surface area contributed by atoms with Gasteiger partial charge in [0.05, 0.1) is 5.92 Å². The molecule has 1 aliphatic rings. The molecule has 1 heterocycles. The summed E-state index contributed by atoms with van der Waals surface area (Å²) in [5, 5.41) is 9.42. The lowest BCUT2D eigenvalue weighted by Crippen LogP contribution is -2.31. The molecule has 0 radical (unpaired) electrons. The summed E-state index contributed by atoms with van der Waals surface area (Å²) in [7, 11) is 2.00. The van der Waals surface area contributed by atoms with Crippen LogP contribution in [0, 0.1) is 17.8 Å². The van der Waals surface area contributed by atoms with E-state index in [4.69, 9.17) is 0 Å². The second kappa shape index (κ2) is 6.91. The van der Waals surface area contributed by atoms with Gasteiger partial charge < -0.3 is 9.67 Å². The molecule has 4 nitrogen and oxygen atoms in total. The molecule has 4 heteroatoms. The molecule has 20 heavy (non-hydrogen) atoms. The van der Waals surface area contributed by atoms with Crippen LogP contribution in [-0.2, 0) is 18.3 Å². The number of hydrogen-bond acceptors (Lipinski definition) is 2. The van der Waals surface area contributed by atoms with Gasteiger partial charge in [-0.15, -0.1) is 0 Å². The number of rotatable bonds is 6. The van der Waals surface area contributed by atoms with Crippen LogP contribution in [-0.4, -0.2) is 20.6 Å². The van der Waals surface area contributed by atoms with Crippen LogP contribution in [0.1, 0.15) is 51.3 Å². The summed E-state index contributed by atoms with van der Waals surface area (Å²) in [6.07, 6.45) is 11.1. The van der Waals surface area contributed by atoms with Gasteiger partial charge in [0.1, 0.15) is 5.82 Å². The zero-order valence-electron chi connectivity index (χ0n) is 12.6. The number of aryl methyl sites for hydroxylation is 2. The number of nitrogens with zero attached hydrogens (tertiary/aromatic N) is 2. The van der Waals surface area contributed by atoms with E-state index in [1.54, 1.807) is 0 Å². The quantitative estimate of drug-likeness (QED) is 0.869. The third-order valence-corrected chi connectivity index (χ3v) is 4.76. The first-order valence-corrected chi connectivity index (χ1v) is 7.80. The van der Waals surface area contributed by atoms with Crippen molar-refractivity contribution in [1.82, 2.24) is 9.55 Å². The Morgan fingerprint density at radius 3 is 2.85 bits per heavy atom. The minimum atomic E-state index is -0.607. The topological polar surface area (TPSA) is 55.1 Å². The summed E-state index contributed by atoms with van der Waals surface area (Å²) < 4.78 is 2.03. The van der Waals surface area contributed by atoms with Crippen molar-refractivity contribution < 1.29 is 9.90 Å². The fourth-order valence-electron chi connectivity index (χ4n) is 3.63.